The van der Waals surface area contributed by atoms with Gasteiger partial charge in [-0.1, -0.05) is 6.07 Å². The van der Waals surface area contributed by atoms with Gasteiger partial charge in [-0.25, -0.2) is 0 Å². The summed E-state index contributed by atoms with van der Waals surface area (Å²) >= 11 is 0. The molecule has 3 aromatic rings. The van der Waals surface area contributed by atoms with E-state index in [1.54, 1.807) is 12.4 Å². The van der Waals surface area contributed by atoms with Gasteiger partial charge in [-0.15, -0.1) is 0 Å². The second kappa shape index (κ2) is 4.61. The van der Waals surface area contributed by atoms with Crippen LogP contribution in [0.25, 0.3) is 16.9 Å². The zero-order chi connectivity index (χ0) is 13.2. The summed E-state index contributed by atoms with van der Waals surface area (Å²) in [5.41, 5.74) is 11.2. The minimum Gasteiger partial charge on any atom is -0.399 e. The molecule has 94 valence electrons. The Kier molecular flexibility index (Phi) is 2.80. The highest BCUT2D eigenvalue weighted by molar-refractivity contribution is 5.64. The molecule has 0 saturated heterocycles. The molecule has 0 aliphatic carbocycles. The summed E-state index contributed by atoms with van der Waals surface area (Å²) in [6.45, 7) is 2.09. The fourth-order valence-electron chi connectivity index (χ4n) is 2.29. The number of aryl methyl sites for hydroxylation is 1. The summed E-state index contributed by atoms with van der Waals surface area (Å²) in [5.74, 6) is 0. The summed E-state index contributed by atoms with van der Waals surface area (Å²) in [5, 5.41) is 0. The number of pyridine rings is 1. The van der Waals surface area contributed by atoms with E-state index in [0.29, 0.717) is 0 Å². The van der Waals surface area contributed by atoms with Crippen LogP contribution >= 0.6 is 0 Å². The Morgan fingerprint density at radius 3 is 2.53 bits per heavy atom. The van der Waals surface area contributed by atoms with E-state index in [9.17, 15) is 0 Å². The first kappa shape index (κ1) is 11.5. The monoisotopic (exact) mass is 249 g/mol. The highest BCUT2D eigenvalue weighted by Crippen LogP contribution is 2.26. The summed E-state index contributed by atoms with van der Waals surface area (Å²) in [4.78, 5) is 4.06. The average molecular weight is 249 g/mol. The molecule has 0 spiro atoms. The van der Waals surface area contributed by atoms with E-state index in [2.05, 4.69) is 34.7 Å². The van der Waals surface area contributed by atoms with Gasteiger partial charge < -0.3 is 10.3 Å². The molecule has 19 heavy (non-hydrogen) atoms. The zero-order valence-electron chi connectivity index (χ0n) is 10.7. The molecule has 3 rings (SSSR count). The van der Waals surface area contributed by atoms with Crippen molar-refractivity contribution in [1.82, 2.24) is 9.55 Å². The van der Waals surface area contributed by atoms with Gasteiger partial charge in [0, 0.05) is 35.0 Å². The predicted molar refractivity (Wildman–Crippen MR) is 78.1 cm³/mol. The number of hydrogen-bond donors (Lipinski definition) is 1. The second-order valence-electron chi connectivity index (χ2n) is 4.53. The highest BCUT2D eigenvalue weighted by atomic mass is 15.0. The zero-order valence-corrected chi connectivity index (χ0v) is 10.7. The molecule has 0 bridgehead atoms. The van der Waals surface area contributed by atoms with Crippen molar-refractivity contribution in [3.05, 3.63) is 66.6 Å². The van der Waals surface area contributed by atoms with Crippen molar-refractivity contribution in [3.8, 4) is 16.9 Å². The van der Waals surface area contributed by atoms with Crippen LogP contribution in [-0.4, -0.2) is 9.55 Å². The van der Waals surface area contributed by atoms with E-state index >= 15 is 0 Å². The molecular formula is C16H15N3. The minimum absolute atomic E-state index is 0.770. The fourth-order valence-corrected chi connectivity index (χ4v) is 2.29. The van der Waals surface area contributed by atoms with E-state index < -0.39 is 0 Å². The number of anilines is 1. The lowest BCUT2D eigenvalue weighted by atomic mass is 10.2. The van der Waals surface area contributed by atoms with Crippen molar-refractivity contribution >= 4 is 5.69 Å². The maximum atomic E-state index is 5.88. The van der Waals surface area contributed by atoms with Crippen LogP contribution in [0.1, 0.15) is 5.69 Å². The second-order valence-corrected chi connectivity index (χ2v) is 4.53. The van der Waals surface area contributed by atoms with E-state index in [4.69, 9.17) is 5.73 Å². The molecule has 2 aromatic heterocycles. The Labute approximate surface area is 112 Å². The average Bonchev–Trinajstić information content (AvgIpc) is 2.82. The van der Waals surface area contributed by atoms with Crippen LogP contribution < -0.4 is 5.73 Å². The topological polar surface area (TPSA) is 43.8 Å². The normalized spacial score (nSPS) is 10.6. The number of nitrogen functional groups attached to an aromatic ring is 1. The lowest BCUT2D eigenvalue weighted by Gasteiger charge is -2.12. The molecule has 2 heterocycles. The Morgan fingerprint density at radius 1 is 1.00 bits per heavy atom. The summed E-state index contributed by atoms with van der Waals surface area (Å²) < 4.78 is 2.20. The Balaban J connectivity index is 2.20. The predicted octanol–water partition coefficient (Wildman–Crippen LogP) is 3.43. The van der Waals surface area contributed by atoms with Crippen molar-refractivity contribution in [2.45, 2.75) is 6.92 Å². The molecule has 0 saturated carbocycles. The molecule has 3 heteroatoms. The van der Waals surface area contributed by atoms with E-state index in [1.807, 2.05) is 30.3 Å². The maximum Gasteiger partial charge on any atom is 0.0532 e. The molecule has 0 aliphatic rings. The lowest BCUT2D eigenvalue weighted by Crippen LogP contribution is -1.99. The number of hydrogen-bond acceptors (Lipinski definition) is 2. The number of aromatic nitrogens is 2. The summed E-state index contributed by atoms with van der Waals surface area (Å²) in [6.07, 6.45) is 3.61. The number of nitrogens with two attached hydrogens (primary N) is 1. The molecule has 1 aromatic carbocycles. The fraction of sp³-hybridized carbons (Fsp3) is 0.0625. The quantitative estimate of drug-likeness (QED) is 0.707. The van der Waals surface area contributed by atoms with Gasteiger partial charge >= 0.3 is 0 Å². The van der Waals surface area contributed by atoms with Gasteiger partial charge in [0.15, 0.2) is 0 Å². The standard InChI is InChI=1S/C16H15N3/c1-12-5-6-16(13-7-9-18-10-8-13)19(12)15-4-2-3-14(17)11-15/h2-11H,17H2,1H3. The van der Waals surface area contributed by atoms with Gasteiger partial charge in [0.1, 0.15) is 0 Å². The van der Waals surface area contributed by atoms with Gasteiger partial charge in [-0.05, 0) is 49.4 Å². The third-order valence-electron chi connectivity index (χ3n) is 3.18. The van der Waals surface area contributed by atoms with Crippen molar-refractivity contribution < 1.29 is 0 Å². The van der Waals surface area contributed by atoms with E-state index in [1.165, 1.54) is 5.69 Å². The highest BCUT2D eigenvalue weighted by Gasteiger charge is 2.09. The Hall–Kier alpha value is -2.55. The van der Waals surface area contributed by atoms with Crippen LogP contribution in [0.3, 0.4) is 0 Å². The minimum atomic E-state index is 0.770. The largest absolute Gasteiger partial charge is 0.399 e. The van der Waals surface area contributed by atoms with Crippen molar-refractivity contribution in [2.24, 2.45) is 0 Å². The first-order valence-electron chi connectivity index (χ1n) is 6.20. The molecule has 3 nitrogen and oxygen atoms in total. The van der Waals surface area contributed by atoms with E-state index in [0.717, 1.165) is 22.6 Å². The van der Waals surface area contributed by atoms with Crippen molar-refractivity contribution in [1.29, 1.82) is 0 Å². The third-order valence-corrected chi connectivity index (χ3v) is 3.18. The number of benzene rings is 1. The first-order chi connectivity index (χ1) is 9.25. The van der Waals surface area contributed by atoms with E-state index in [-0.39, 0.29) is 0 Å². The van der Waals surface area contributed by atoms with Crippen LogP contribution in [0.5, 0.6) is 0 Å². The van der Waals surface area contributed by atoms with Gasteiger partial charge in [-0.2, -0.15) is 0 Å². The smallest absolute Gasteiger partial charge is 0.0532 e. The Morgan fingerprint density at radius 2 is 1.79 bits per heavy atom. The molecule has 0 atom stereocenters. The molecule has 0 amide bonds. The van der Waals surface area contributed by atoms with Crippen LogP contribution in [-0.2, 0) is 0 Å². The van der Waals surface area contributed by atoms with Gasteiger partial charge in [0.25, 0.3) is 0 Å². The molecule has 0 radical (unpaired) electrons. The SMILES string of the molecule is Cc1ccc(-c2ccncc2)n1-c1cccc(N)c1. The van der Waals surface area contributed by atoms with Crippen LogP contribution in [0, 0.1) is 6.92 Å². The Bertz CT molecular complexity index is 699. The lowest BCUT2D eigenvalue weighted by molar-refractivity contribution is 1.02. The first-order valence-corrected chi connectivity index (χ1v) is 6.20. The van der Waals surface area contributed by atoms with Crippen LogP contribution in [0.2, 0.25) is 0 Å². The number of rotatable bonds is 2. The van der Waals surface area contributed by atoms with Crippen molar-refractivity contribution in [3.63, 3.8) is 0 Å². The third kappa shape index (κ3) is 2.10. The molecule has 0 unspecified atom stereocenters. The van der Waals surface area contributed by atoms with Crippen LogP contribution in [0.4, 0.5) is 5.69 Å². The summed E-state index contributed by atoms with van der Waals surface area (Å²) in [6, 6.07) is 16.2. The molecule has 0 fully saturated rings. The van der Waals surface area contributed by atoms with Crippen molar-refractivity contribution in [2.75, 3.05) is 5.73 Å². The molecular weight excluding hydrogens is 234 g/mol. The maximum absolute atomic E-state index is 5.88. The molecule has 0 aliphatic heterocycles. The summed E-state index contributed by atoms with van der Waals surface area (Å²) in [7, 11) is 0. The van der Waals surface area contributed by atoms with Gasteiger partial charge in [0.2, 0.25) is 0 Å². The number of nitrogens with zero attached hydrogens (tertiary/aromatic N) is 2. The van der Waals surface area contributed by atoms with Crippen LogP contribution in [0.15, 0.2) is 60.9 Å². The molecule has 2 N–H and O–H groups in total. The van der Waals surface area contributed by atoms with Gasteiger partial charge in [-0.3, -0.25) is 4.98 Å². The van der Waals surface area contributed by atoms with Gasteiger partial charge in [0.05, 0.1) is 5.69 Å².